The van der Waals surface area contributed by atoms with E-state index in [2.05, 4.69) is 5.32 Å². The van der Waals surface area contributed by atoms with Crippen LogP contribution in [0.2, 0.25) is 5.02 Å². The molecule has 0 aliphatic rings. The first-order valence-corrected chi connectivity index (χ1v) is 11.3. The fraction of sp³-hybridized carbons (Fsp3) is 0.350. The standard InChI is InChI=1S/C20H25ClN2O6S/c1-6-29-15-9-7-14(8-10-15)23(30(5,25)26)13(2)20(24)22-17-12-18(27-3)16(21)11-19(17)28-4/h7-13H,6H2,1-5H3,(H,22,24)/t13-/m0/s1. The van der Waals surface area contributed by atoms with Crippen molar-refractivity contribution in [1.82, 2.24) is 0 Å². The SMILES string of the molecule is CCOc1ccc(N([C@@H](C)C(=O)Nc2cc(OC)c(Cl)cc2OC)S(C)(=O)=O)cc1. The first kappa shape index (κ1) is 23.6. The lowest BCUT2D eigenvalue weighted by molar-refractivity contribution is -0.116. The molecule has 0 bridgehead atoms. The summed E-state index contributed by atoms with van der Waals surface area (Å²) in [5.74, 6) is 0.696. The van der Waals surface area contributed by atoms with Gasteiger partial charge < -0.3 is 19.5 Å². The highest BCUT2D eigenvalue weighted by Gasteiger charge is 2.30. The van der Waals surface area contributed by atoms with Crippen LogP contribution >= 0.6 is 11.6 Å². The molecular weight excluding hydrogens is 432 g/mol. The Bertz CT molecular complexity index is 995. The predicted molar refractivity (Wildman–Crippen MR) is 118 cm³/mol. The van der Waals surface area contributed by atoms with Crippen LogP contribution in [0.4, 0.5) is 11.4 Å². The van der Waals surface area contributed by atoms with E-state index in [1.807, 2.05) is 6.92 Å². The molecule has 0 fully saturated rings. The zero-order chi connectivity index (χ0) is 22.5. The molecule has 1 amide bonds. The topological polar surface area (TPSA) is 94.2 Å². The average molecular weight is 457 g/mol. The van der Waals surface area contributed by atoms with Crippen molar-refractivity contribution < 1.29 is 27.4 Å². The second-order valence-electron chi connectivity index (χ2n) is 6.34. The van der Waals surface area contributed by atoms with Crippen LogP contribution in [0.3, 0.4) is 0 Å². The van der Waals surface area contributed by atoms with Crippen molar-refractivity contribution in [2.45, 2.75) is 19.9 Å². The van der Waals surface area contributed by atoms with E-state index in [0.717, 1.165) is 10.6 Å². The van der Waals surface area contributed by atoms with Crippen LogP contribution in [-0.2, 0) is 14.8 Å². The van der Waals surface area contributed by atoms with Crippen LogP contribution in [0.5, 0.6) is 17.2 Å². The van der Waals surface area contributed by atoms with Crippen molar-refractivity contribution in [3.63, 3.8) is 0 Å². The molecule has 2 aromatic carbocycles. The highest BCUT2D eigenvalue weighted by atomic mass is 35.5. The third kappa shape index (κ3) is 5.48. The van der Waals surface area contributed by atoms with Crippen LogP contribution in [0, 0.1) is 0 Å². The Hall–Kier alpha value is -2.65. The third-order valence-corrected chi connectivity index (χ3v) is 5.76. The highest BCUT2D eigenvalue weighted by Crippen LogP contribution is 2.36. The predicted octanol–water partition coefficient (Wildman–Crippen LogP) is 3.55. The molecule has 8 nitrogen and oxygen atoms in total. The second-order valence-corrected chi connectivity index (χ2v) is 8.60. The van der Waals surface area contributed by atoms with Crippen LogP contribution in [0.1, 0.15) is 13.8 Å². The number of carbonyl (C=O) groups is 1. The Morgan fingerprint density at radius 1 is 1.13 bits per heavy atom. The largest absolute Gasteiger partial charge is 0.495 e. The molecule has 0 spiro atoms. The molecule has 1 N–H and O–H groups in total. The maximum atomic E-state index is 12.9. The minimum atomic E-state index is -3.76. The summed E-state index contributed by atoms with van der Waals surface area (Å²) in [6.45, 7) is 3.83. The normalized spacial score (nSPS) is 12.1. The Labute approximate surface area is 181 Å². The lowest BCUT2D eigenvalue weighted by atomic mass is 10.2. The van der Waals surface area contributed by atoms with Crippen LogP contribution in [-0.4, -0.2) is 47.4 Å². The number of halogens is 1. The van der Waals surface area contributed by atoms with Crippen molar-refractivity contribution in [2.24, 2.45) is 0 Å². The summed E-state index contributed by atoms with van der Waals surface area (Å²) in [7, 11) is -0.886. The number of hydrogen-bond donors (Lipinski definition) is 1. The summed E-state index contributed by atoms with van der Waals surface area (Å²) in [6.07, 6.45) is 1.04. The van der Waals surface area contributed by atoms with Crippen molar-refractivity contribution >= 4 is 38.9 Å². The molecule has 0 unspecified atom stereocenters. The fourth-order valence-corrected chi connectivity index (χ4v) is 4.27. The molecule has 2 aromatic rings. The van der Waals surface area contributed by atoms with Gasteiger partial charge in [-0.3, -0.25) is 9.10 Å². The average Bonchev–Trinajstić information content (AvgIpc) is 2.69. The molecule has 10 heteroatoms. The summed E-state index contributed by atoms with van der Waals surface area (Å²) >= 11 is 6.09. The van der Waals surface area contributed by atoms with E-state index in [1.165, 1.54) is 33.3 Å². The van der Waals surface area contributed by atoms with E-state index in [4.69, 9.17) is 25.8 Å². The molecule has 0 saturated carbocycles. The van der Waals surface area contributed by atoms with E-state index >= 15 is 0 Å². The summed E-state index contributed by atoms with van der Waals surface area (Å²) in [5, 5.41) is 3.00. The molecule has 0 radical (unpaired) electrons. The minimum Gasteiger partial charge on any atom is -0.495 e. The number of amides is 1. The van der Waals surface area contributed by atoms with Gasteiger partial charge in [0.25, 0.3) is 0 Å². The van der Waals surface area contributed by atoms with E-state index in [1.54, 1.807) is 24.3 Å². The van der Waals surface area contributed by atoms with Crippen molar-refractivity contribution in [3.8, 4) is 17.2 Å². The highest BCUT2D eigenvalue weighted by molar-refractivity contribution is 7.92. The van der Waals surface area contributed by atoms with Gasteiger partial charge in [-0.2, -0.15) is 0 Å². The molecule has 164 valence electrons. The molecule has 0 aromatic heterocycles. The lowest BCUT2D eigenvalue weighted by Crippen LogP contribution is -2.45. The summed E-state index contributed by atoms with van der Waals surface area (Å²) in [5.41, 5.74) is 0.639. The number of nitrogens with one attached hydrogen (secondary N) is 1. The Morgan fingerprint density at radius 2 is 1.73 bits per heavy atom. The van der Waals surface area contributed by atoms with Crippen LogP contribution in [0.15, 0.2) is 36.4 Å². The first-order chi connectivity index (χ1) is 14.1. The van der Waals surface area contributed by atoms with Gasteiger partial charge in [0, 0.05) is 12.1 Å². The van der Waals surface area contributed by atoms with E-state index < -0.39 is 22.0 Å². The van der Waals surface area contributed by atoms with Gasteiger partial charge in [-0.05, 0) is 38.1 Å². The zero-order valence-electron chi connectivity index (χ0n) is 17.4. The van der Waals surface area contributed by atoms with Gasteiger partial charge in [-0.15, -0.1) is 0 Å². The van der Waals surface area contributed by atoms with Crippen molar-refractivity contribution in [3.05, 3.63) is 41.4 Å². The zero-order valence-corrected chi connectivity index (χ0v) is 19.0. The van der Waals surface area contributed by atoms with Crippen molar-refractivity contribution in [2.75, 3.05) is 36.7 Å². The molecule has 1 atom stereocenters. The number of benzene rings is 2. The number of methoxy groups -OCH3 is 2. The number of anilines is 2. The summed E-state index contributed by atoms with van der Waals surface area (Å²) < 4.78 is 41.8. The molecule has 0 aliphatic heterocycles. The Balaban J connectivity index is 2.35. The lowest BCUT2D eigenvalue weighted by Gasteiger charge is -2.28. The monoisotopic (exact) mass is 456 g/mol. The maximum absolute atomic E-state index is 12.9. The minimum absolute atomic E-state index is 0.302. The molecule has 0 heterocycles. The maximum Gasteiger partial charge on any atom is 0.248 e. The van der Waals surface area contributed by atoms with Crippen LogP contribution in [0.25, 0.3) is 0 Å². The van der Waals surface area contributed by atoms with Gasteiger partial charge in [-0.1, -0.05) is 11.6 Å². The van der Waals surface area contributed by atoms with Gasteiger partial charge >= 0.3 is 0 Å². The Morgan fingerprint density at radius 3 is 2.23 bits per heavy atom. The van der Waals surface area contributed by atoms with Gasteiger partial charge in [0.1, 0.15) is 23.3 Å². The van der Waals surface area contributed by atoms with Gasteiger partial charge in [0.2, 0.25) is 15.9 Å². The summed E-state index contributed by atoms with van der Waals surface area (Å²) in [6, 6.07) is 8.42. The fourth-order valence-electron chi connectivity index (χ4n) is 2.86. The molecule has 30 heavy (non-hydrogen) atoms. The van der Waals surface area contributed by atoms with Crippen LogP contribution < -0.4 is 23.8 Å². The molecular formula is C20H25ClN2O6S. The number of hydrogen-bond acceptors (Lipinski definition) is 6. The van der Waals surface area contributed by atoms with Gasteiger partial charge in [0.05, 0.1) is 43.5 Å². The Kier molecular flexibility index (Phi) is 7.80. The van der Waals surface area contributed by atoms with Gasteiger partial charge in [-0.25, -0.2) is 8.42 Å². The number of rotatable bonds is 9. The van der Waals surface area contributed by atoms with E-state index in [0.29, 0.717) is 40.3 Å². The van der Waals surface area contributed by atoms with E-state index in [-0.39, 0.29) is 0 Å². The number of nitrogens with zero attached hydrogens (tertiary/aromatic N) is 1. The molecule has 0 aliphatic carbocycles. The molecule has 2 rings (SSSR count). The number of sulfonamides is 1. The second kappa shape index (κ2) is 9.90. The number of ether oxygens (including phenoxy) is 3. The number of carbonyl (C=O) groups excluding carboxylic acids is 1. The van der Waals surface area contributed by atoms with Crippen molar-refractivity contribution in [1.29, 1.82) is 0 Å². The summed E-state index contributed by atoms with van der Waals surface area (Å²) in [4.78, 5) is 12.9. The smallest absolute Gasteiger partial charge is 0.248 e. The quantitative estimate of drug-likeness (QED) is 0.620. The molecule has 0 saturated heterocycles. The van der Waals surface area contributed by atoms with E-state index in [9.17, 15) is 13.2 Å². The van der Waals surface area contributed by atoms with Gasteiger partial charge in [0.15, 0.2) is 0 Å². The first-order valence-electron chi connectivity index (χ1n) is 9.07. The third-order valence-electron chi connectivity index (χ3n) is 4.22.